The zero-order chi connectivity index (χ0) is 9.99. The molecule has 0 nitrogen and oxygen atoms in total. The summed E-state index contributed by atoms with van der Waals surface area (Å²) >= 11 is 4.54. The average molecular weight is 196 g/mol. The topological polar surface area (TPSA) is 0 Å². The molecule has 0 aliphatic heterocycles. The predicted molar refractivity (Wildman–Crippen MR) is 64.8 cm³/mol. The summed E-state index contributed by atoms with van der Waals surface area (Å²) in [6, 6.07) is 0. The molecule has 0 bridgehead atoms. The van der Waals surface area contributed by atoms with Crippen LogP contribution in [0.3, 0.4) is 0 Å². The van der Waals surface area contributed by atoms with Crippen molar-refractivity contribution in [3.05, 3.63) is 0 Å². The van der Waals surface area contributed by atoms with Gasteiger partial charge in [-0.2, -0.15) is 0 Å². The van der Waals surface area contributed by atoms with Gasteiger partial charge in [0.2, 0.25) is 0 Å². The Hall–Kier alpha value is 1.16. The van der Waals surface area contributed by atoms with Crippen LogP contribution in [0.5, 0.6) is 0 Å². The fourth-order valence-corrected chi connectivity index (χ4v) is 5.32. The van der Waals surface area contributed by atoms with Crippen molar-refractivity contribution in [3.63, 3.8) is 0 Å². The van der Waals surface area contributed by atoms with Gasteiger partial charge in [0.25, 0.3) is 0 Å². The van der Waals surface area contributed by atoms with Crippen LogP contribution in [0.2, 0.25) is 22.7 Å². The third-order valence-electron chi connectivity index (χ3n) is 2.58. The SMILES string of the molecule is [Li][CH](C)CS[Si](C)(C)C(C)(C)C. The van der Waals surface area contributed by atoms with Gasteiger partial charge in [0.15, 0.2) is 0 Å². The molecule has 0 saturated heterocycles. The Morgan fingerprint density at radius 3 is 2.00 bits per heavy atom. The first kappa shape index (κ1) is 13.2. The van der Waals surface area contributed by atoms with Gasteiger partial charge in [-0.25, -0.2) is 0 Å². The monoisotopic (exact) mass is 196 g/mol. The second-order valence-corrected chi connectivity index (χ2v) is 14.5. The van der Waals surface area contributed by atoms with Gasteiger partial charge in [0.1, 0.15) is 0 Å². The van der Waals surface area contributed by atoms with E-state index in [2.05, 4.69) is 69.7 Å². The molecule has 1 atom stereocenters. The van der Waals surface area contributed by atoms with E-state index in [1.807, 2.05) is 0 Å². The van der Waals surface area contributed by atoms with E-state index in [9.17, 15) is 0 Å². The fraction of sp³-hybridized carbons (Fsp3) is 1.00. The van der Waals surface area contributed by atoms with Crippen LogP contribution in [0.4, 0.5) is 0 Å². The molecule has 68 valence electrons. The summed E-state index contributed by atoms with van der Waals surface area (Å²) in [5, 5.41) is 0.534. The maximum absolute atomic E-state index is 2.49. The minimum absolute atomic E-state index is 0.534. The van der Waals surface area contributed by atoms with Gasteiger partial charge in [-0.05, 0) is 0 Å². The molecule has 0 saturated carbocycles. The molecule has 0 rings (SSSR count). The van der Waals surface area contributed by atoms with Crippen molar-refractivity contribution in [2.75, 3.05) is 5.75 Å². The van der Waals surface area contributed by atoms with Crippen LogP contribution in [-0.2, 0) is 0 Å². The van der Waals surface area contributed by atoms with Crippen molar-refractivity contribution < 1.29 is 0 Å². The van der Waals surface area contributed by atoms with E-state index in [1.54, 1.807) is 0 Å². The van der Waals surface area contributed by atoms with E-state index >= 15 is 0 Å². The van der Waals surface area contributed by atoms with Crippen LogP contribution >= 0.6 is 11.2 Å². The Labute approximate surface area is 92.1 Å². The molecule has 0 heterocycles. The van der Waals surface area contributed by atoms with Gasteiger partial charge >= 0.3 is 92.3 Å². The summed E-state index contributed by atoms with van der Waals surface area (Å²) in [5.41, 5.74) is 0. The Balaban J connectivity index is 4.05. The summed E-state index contributed by atoms with van der Waals surface area (Å²) in [6.07, 6.45) is 0. The van der Waals surface area contributed by atoms with E-state index in [0.29, 0.717) is 5.04 Å². The molecule has 0 aromatic heterocycles. The zero-order valence-corrected chi connectivity index (χ0v) is 11.5. The van der Waals surface area contributed by atoms with Gasteiger partial charge in [0.05, 0.1) is 0 Å². The van der Waals surface area contributed by atoms with Gasteiger partial charge in [-0.3, -0.25) is 0 Å². The molecule has 0 aliphatic rings. The molecule has 0 amide bonds. The standard InChI is InChI=1S/C9H21SSi.Li/c1-7-8-10-11(5,6)9(2,3)4;/h7H,8H2,1-6H3;. The molecule has 0 radical (unpaired) electrons. The van der Waals surface area contributed by atoms with E-state index in [4.69, 9.17) is 0 Å². The second-order valence-electron chi connectivity index (χ2n) is 5.47. The zero-order valence-electron chi connectivity index (χ0n) is 9.69. The first-order chi connectivity index (χ1) is 5.17. The Kier molecular flexibility index (Phi) is 5.04. The quantitative estimate of drug-likeness (QED) is 0.620. The molecule has 1 unspecified atom stereocenters. The molecule has 0 N–H and O–H groups in total. The molecule has 12 heavy (non-hydrogen) atoms. The molecule has 0 aliphatic carbocycles. The van der Waals surface area contributed by atoms with E-state index < -0.39 is 7.22 Å². The first-order valence-corrected chi connectivity index (χ1v) is 9.52. The predicted octanol–water partition coefficient (Wildman–Crippen LogP) is 3.70. The molecule has 0 fully saturated rings. The van der Waals surface area contributed by atoms with E-state index in [-0.39, 0.29) is 0 Å². The van der Waals surface area contributed by atoms with Crippen LogP contribution in [0.25, 0.3) is 0 Å². The van der Waals surface area contributed by atoms with Crippen molar-refractivity contribution in [1.82, 2.24) is 0 Å². The van der Waals surface area contributed by atoms with Crippen LogP contribution in [0.1, 0.15) is 27.7 Å². The van der Waals surface area contributed by atoms with Gasteiger partial charge < -0.3 is 0 Å². The van der Waals surface area contributed by atoms with Gasteiger partial charge in [0, 0.05) is 0 Å². The summed E-state index contributed by atoms with van der Waals surface area (Å²) in [4.78, 5) is 0. The van der Waals surface area contributed by atoms with Crippen LogP contribution in [0, 0.1) is 0 Å². The first-order valence-electron chi connectivity index (χ1n) is 4.81. The summed E-state index contributed by atoms with van der Waals surface area (Å²) in [6.45, 7) is 14.4. The van der Waals surface area contributed by atoms with Crippen molar-refractivity contribution in [2.45, 2.75) is 50.4 Å². The summed E-state index contributed by atoms with van der Waals surface area (Å²) in [7, 11) is -1.05. The van der Waals surface area contributed by atoms with Crippen molar-refractivity contribution in [2.24, 2.45) is 0 Å². The van der Waals surface area contributed by atoms with E-state index in [0.717, 1.165) is 4.59 Å². The molecule has 0 aromatic rings. The molecule has 3 heteroatoms. The Morgan fingerprint density at radius 1 is 1.33 bits per heavy atom. The van der Waals surface area contributed by atoms with E-state index in [1.165, 1.54) is 5.75 Å². The number of rotatable bonds is 3. The molecular formula is C9H21LiSSi. The van der Waals surface area contributed by atoms with Crippen molar-refractivity contribution in [1.29, 1.82) is 0 Å². The van der Waals surface area contributed by atoms with Crippen LogP contribution in [-0.4, -0.2) is 30.7 Å². The fourth-order valence-electron chi connectivity index (χ4n) is 0.592. The van der Waals surface area contributed by atoms with Crippen molar-refractivity contribution in [3.8, 4) is 0 Å². The average Bonchev–Trinajstić information content (AvgIpc) is 1.81. The summed E-state index contributed by atoms with van der Waals surface area (Å²) in [5.74, 6) is 1.33. The normalized spacial score (nSPS) is 16.3. The minimum atomic E-state index is -1.05. The summed E-state index contributed by atoms with van der Waals surface area (Å²) < 4.78 is 0.837. The molecule has 0 aromatic carbocycles. The van der Waals surface area contributed by atoms with Gasteiger partial charge in [-0.15, -0.1) is 0 Å². The second kappa shape index (κ2) is 4.60. The van der Waals surface area contributed by atoms with Crippen molar-refractivity contribution >= 4 is 36.1 Å². The maximum atomic E-state index is 2.49. The third-order valence-corrected chi connectivity index (χ3v) is 12.3. The van der Waals surface area contributed by atoms with Crippen LogP contribution < -0.4 is 0 Å². The number of hydrogen-bond acceptors (Lipinski definition) is 1. The van der Waals surface area contributed by atoms with Crippen LogP contribution in [0.15, 0.2) is 0 Å². The third kappa shape index (κ3) is 4.41. The molecular weight excluding hydrogens is 175 g/mol. The molecule has 0 spiro atoms. The Bertz CT molecular complexity index is 138. The van der Waals surface area contributed by atoms with Gasteiger partial charge in [-0.1, -0.05) is 0 Å². The Morgan fingerprint density at radius 2 is 1.75 bits per heavy atom. The number of hydrogen-bond donors (Lipinski definition) is 0.